The number of nitrogens with one attached hydrogen (secondary N) is 1. The Balaban J connectivity index is 1.20. The molecule has 0 bridgehead atoms. The summed E-state index contributed by atoms with van der Waals surface area (Å²) >= 11 is 1.52. The molecule has 2 aliphatic rings. The second kappa shape index (κ2) is 9.15. The van der Waals surface area contributed by atoms with Crippen molar-refractivity contribution in [2.45, 2.75) is 44.8 Å². The van der Waals surface area contributed by atoms with Crippen molar-refractivity contribution < 1.29 is 9.53 Å². The van der Waals surface area contributed by atoms with Gasteiger partial charge < -0.3 is 15.0 Å². The van der Waals surface area contributed by atoms with Gasteiger partial charge in [0, 0.05) is 36.8 Å². The Bertz CT molecular complexity index is 1030. The van der Waals surface area contributed by atoms with Crippen molar-refractivity contribution in [3.05, 3.63) is 52.9 Å². The molecule has 1 unspecified atom stereocenters. The highest BCUT2D eigenvalue weighted by Gasteiger charge is 2.26. The SMILES string of the molecule is O=C(CCn1ncc2c1CCCC2)N1CCOC(c2cccc(Nc3nccs3)n2)C1. The number of fused-ring (bicyclic) bond motifs is 1. The van der Waals surface area contributed by atoms with Crippen LogP contribution in [0.15, 0.2) is 36.0 Å². The van der Waals surface area contributed by atoms with E-state index in [0.29, 0.717) is 32.7 Å². The number of carbonyl (C=O) groups excluding carboxylic acids is 1. The zero-order valence-electron chi connectivity index (χ0n) is 17.4. The average Bonchev–Trinajstić information content (AvgIpc) is 3.48. The highest BCUT2D eigenvalue weighted by Crippen LogP contribution is 2.25. The first kappa shape index (κ1) is 20.1. The van der Waals surface area contributed by atoms with E-state index in [2.05, 4.69) is 20.4 Å². The van der Waals surface area contributed by atoms with Gasteiger partial charge in [-0.1, -0.05) is 6.07 Å². The minimum absolute atomic E-state index is 0.144. The molecule has 1 N–H and O–H groups in total. The molecule has 0 saturated carbocycles. The number of thiazole rings is 1. The summed E-state index contributed by atoms with van der Waals surface area (Å²) in [5.41, 5.74) is 3.48. The Morgan fingerprint density at radius 1 is 1.29 bits per heavy atom. The largest absolute Gasteiger partial charge is 0.368 e. The van der Waals surface area contributed by atoms with Gasteiger partial charge in [-0.05, 0) is 43.4 Å². The van der Waals surface area contributed by atoms with Gasteiger partial charge in [0.1, 0.15) is 11.9 Å². The smallest absolute Gasteiger partial charge is 0.224 e. The summed E-state index contributed by atoms with van der Waals surface area (Å²) in [4.78, 5) is 23.7. The molecule has 3 aromatic heterocycles. The number of rotatable bonds is 6. The first-order valence-corrected chi connectivity index (χ1v) is 11.7. The minimum atomic E-state index is -0.229. The number of hydrogen-bond acceptors (Lipinski definition) is 7. The predicted octanol–water partition coefficient (Wildman–Crippen LogP) is 3.35. The number of carbonyl (C=O) groups is 1. The fraction of sp³-hybridized carbons (Fsp3) is 0.455. The van der Waals surface area contributed by atoms with Crippen molar-refractivity contribution in [3.63, 3.8) is 0 Å². The van der Waals surface area contributed by atoms with E-state index in [-0.39, 0.29) is 12.0 Å². The van der Waals surface area contributed by atoms with Gasteiger partial charge >= 0.3 is 0 Å². The molecule has 8 nitrogen and oxygen atoms in total. The van der Waals surface area contributed by atoms with Crippen LogP contribution in [-0.4, -0.2) is 50.3 Å². The van der Waals surface area contributed by atoms with Gasteiger partial charge in [0.2, 0.25) is 5.91 Å². The number of pyridine rings is 1. The number of hydrogen-bond donors (Lipinski definition) is 1. The third-order valence-electron chi connectivity index (χ3n) is 5.87. The van der Waals surface area contributed by atoms with E-state index in [9.17, 15) is 4.79 Å². The van der Waals surface area contributed by atoms with Gasteiger partial charge in [-0.3, -0.25) is 9.48 Å². The van der Waals surface area contributed by atoms with E-state index in [0.717, 1.165) is 29.5 Å². The van der Waals surface area contributed by atoms with E-state index in [1.165, 1.54) is 35.4 Å². The third-order valence-corrected chi connectivity index (χ3v) is 6.56. The maximum absolute atomic E-state index is 12.9. The van der Waals surface area contributed by atoms with Crippen LogP contribution in [0.2, 0.25) is 0 Å². The summed E-state index contributed by atoms with van der Waals surface area (Å²) in [6.45, 7) is 2.29. The standard InChI is InChI=1S/C22H26N6O2S/c29-21(8-10-28-18-6-2-1-4-16(18)14-24-28)27-11-12-30-19(15-27)17-5-3-7-20(25-17)26-22-23-9-13-31-22/h3,5,7,9,13-14,19H,1-2,4,6,8,10-12,15H2,(H,23,25,26). The molecule has 162 valence electrons. The number of morpholine rings is 1. The van der Waals surface area contributed by atoms with Crippen molar-refractivity contribution >= 4 is 28.2 Å². The second-order valence-corrected chi connectivity index (χ2v) is 8.80. The molecule has 1 aliphatic heterocycles. The normalized spacial score (nSPS) is 18.6. The molecule has 4 heterocycles. The topological polar surface area (TPSA) is 85.2 Å². The Labute approximate surface area is 185 Å². The maximum Gasteiger partial charge on any atom is 0.224 e. The monoisotopic (exact) mass is 438 g/mol. The van der Waals surface area contributed by atoms with Crippen LogP contribution in [0.3, 0.4) is 0 Å². The van der Waals surface area contributed by atoms with Gasteiger partial charge in [0.05, 0.1) is 25.0 Å². The Kier molecular flexibility index (Phi) is 5.95. The van der Waals surface area contributed by atoms with E-state index in [1.807, 2.05) is 39.4 Å². The van der Waals surface area contributed by atoms with E-state index in [1.54, 1.807) is 6.20 Å². The molecule has 0 spiro atoms. The first-order valence-electron chi connectivity index (χ1n) is 10.8. The Morgan fingerprint density at radius 3 is 3.13 bits per heavy atom. The van der Waals surface area contributed by atoms with E-state index >= 15 is 0 Å². The molecular formula is C22H26N6O2S. The van der Waals surface area contributed by atoms with Gasteiger partial charge in [-0.2, -0.15) is 5.10 Å². The first-order chi connectivity index (χ1) is 15.3. The van der Waals surface area contributed by atoms with Crippen LogP contribution in [0.25, 0.3) is 0 Å². The zero-order valence-corrected chi connectivity index (χ0v) is 18.2. The third kappa shape index (κ3) is 4.62. The molecule has 0 radical (unpaired) electrons. The lowest BCUT2D eigenvalue weighted by molar-refractivity contribution is -0.139. The van der Waals surface area contributed by atoms with Crippen LogP contribution in [0.1, 0.15) is 42.3 Å². The highest BCUT2D eigenvalue weighted by atomic mass is 32.1. The molecule has 1 amide bonds. The summed E-state index contributed by atoms with van der Waals surface area (Å²) in [6.07, 6.45) is 8.58. The van der Waals surface area contributed by atoms with Crippen molar-refractivity contribution in [1.29, 1.82) is 0 Å². The number of ether oxygens (including phenoxy) is 1. The highest BCUT2D eigenvalue weighted by molar-refractivity contribution is 7.13. The average molecular weight is 439 g/mol. The predicted molar refractivity (Wildman–Crippen MR) is 118 cm³/mol. The number of nitrogens with zero attached hydrogens (tertiary/aromatic N) is 5. The molecule has 31 heavy (non-hydrogen) atoms. The van der Waals surface area contributed by atoms with Gasteiger partial charge in [0.15, 0.2) is 5.13 Å². The van der Waals surface area contributed by atoms with E-state index in [4.69, 9.17) is 4.74 Å². The molecule has 3 aromatic rings. The lowest BCUT2D eigenvalue weighted by Crippen LogP contribution is -2.42. The van der Waals surface area contributed by atoms with Crippen molar-refractivity contribution in [2.75, 3.05) is 25.0 Å². The number of amides is 1. The van der Waals surface area contributed by atoms with Crippen molar-refractivity contribution in [2.24, 2.45) is 0 Å². The fourth-order valence-corrected chi connectivity index (χ4v) is 4.79. The molecule has 1 saturated heterocycles. The van der Waals surface area contributed by atoms with E-state index < -0.39 is 0 Å². The lowest BCUT2D eigenvalue weighted by atomic mass is 9.98. The van der Waals surface area contributed by atoms with Gasteiger partial charge in [-0.25, -0.2) is 9.97 Å². The summed E-state index contributed by atoms with van der Waals surface area (Å²) in [7, 11) is 0. The summed E-state index contributed by atoms with van der Waals surface area (Å²) < 4.78 is 7.97. The molecule has 9 heteroatoms. The quantitative estimate of drug-likeness (QED) is 0.635. The van der Waals surface area contributed by atoms with Crippen LogP contribution in [0.4, 0.5) is 10.9 Å². The number of anilines is 2. The Hall–Kier alpha value is -2.78. The second-order valence-electron chi connectivity index (χ2n) is 7.91. The lowest BCUT2D eigenvalue weighted by Gasteiger charge is -2.33. The fourth-order valence-electron chi connectivity index (χ4n) is 4.26. The molecule has 5 rings (SSSR count). The van der Waals surface area contributed by atoms with Gasteiger partial charge in [0.25, 0.3) is 0 Å². The van der Waals surface area contributed by atoms with Crippen LogP contribution in [0.5, 0.6) is 0 Å². The van der Waals surface area contributed by atoms with Crippen LogP contribution in [0, 0.1) is 0 Å². The molecule has 1 fully saturated rings. The van der Waals surface area contributed by atoms with Crippen LogP contribution in [-0.2, 0) is 28.9 Å². The molecular weight excluding hydrogens is 412 g/mol. The Morgan fingerprint density at radius 2 is 2.23 bits per heavy atom. The number of aryl methyl sites for hydroxylation is 2. The molecule has 1 aliphatic carbocycles. The molecule has 0 aromatic carbocycles. The zero-order chi connectivity index (χ0) is 21.0. The van der Waals surface area contributed by atoms with Crippen LogP contribution >= 0.6 is 11.3 Å². The molecule has 1 atom stereocenters. The van der Waals surface area contributed by atoms with Crippen molar-refractivity contribution in [1.82, 2.24) is 24.6 Å². The summed E-state index contributed by atoms with van der Waals surface area (Å²) in [5, 5.41) is 10.4. The number of aromatic nitrogens is 4. The van der Waals surface area contributed by atoms with Gasteiger partial charge in [-0.15, -0.1) is 11.3 Å². The minimum Gasteiger partial charge on any atom is -0.368 e. The summed E-state index contributed by atoms with van der Waals surface area (Å²) in [5.74, 6) is 0.869. The maximum atomic E-state index is 12.9. The van der Waals surface area contributed by atoms with Crippen LogP contribution < -0.4 is 5.32 Å². The van der Waals surface area contributed by atoms with Crippen molar-refractivity contribution in [3.8, 4) is 0 Å². The summed E-state index contributed by atoms with van der Waals surface area (Å²) in [6, 6.07) is 5.80.